The second kappa shape index (κ2) is 9.06. The third-order valence-corrected chi connectivity index (χ3v) is 7.25. The normalized spacial score (nSPS) is 18.3. The third kappa shape index (κ3) is 4.29. The van der Waals surface area contributed by atoms with Crippen molar-refractivity contribution >= 4 is 16.7 Å². The summed E-state index contributed by atoms with van der Waals surface area (Å²) in [7, 11) is 0. The fourth-order valence-electron chi connectivity index (χ4n) is 5.12. The molecule has 1 N–H and O–H groups in total. The summed E-state index contributed by atoms with van der Waals surface area (Å²) in [5.74, 6) is -0.318. The molecule has 1 atom stereocenters. The maximum absolute atomic E-state index is 14.6. The minimum absolute atomic E-state index is 0.102. The van der Waals surface area contributed by atoms with Crippen molar-refractivity contribution in [3.05, 3.63) is 75.5 Å². The standard InChI is InChI=1S/C26H29FN4O2/c1-17(30-11-5-2-6-12-30)19-15-31(16-19)26(33)22-13-18(9-10-23(22)27)14-24-20-7-3-4-8-21(20)25(32)29-28-24/h3-4,7-10,13,17,19H,2,5-6,11-12,14-16H2,1H3,(H,29,32). The summed E-state index contributed by atoms with van der Waals surface area (Å²) < 4.78 is 14.6. The Labute approximate surface area is 192 Å². The molecular formula is C26H29FN4O2. The van der Waals surface area contributed by atoms with Crippen LogP contribution in [0.3, 0.4) is 0 Å². The zero-order valence-electron chi connectivity index (χ0n) is 18.9. The summed E-state index contributed by atoms with van der Waals surface area (Å²) in [6, 6.07) is 12.4. The van der Waals surface area contributed by atoms with Gasteiger partial charge in [0.25, 0.3) is 11.5 Å². The number of H-pyrrole nitrogens is 1. The molecule has 0 spiro atoms. The molecule has 2 aromatic carbocycles. The second-order valence-corrected chi connectivity index (χ2v) is 9.34. The Hall–Kier alpha value is -3.06. The molecule has 2 fully saturated rings. The van der Waals surface area contributed by atoms with Crippen molar-refractivity contribution in [3.8, 4) is 0 Å². The van der Waals surface area contributed by atoms with Gasteiger partial charge in [0.15, 0.2) is 0 Å². The molecule has 3 heterocycles. The summed E-state index contributed by atoms with van der Waals surface area (Å²) in [6.45, 7) is 5.87. The smallest absolute Gasteiger partial charge is 0.272 e. The van der Waals surface area contributed by atoms with Crippen molar-refractivity contribution in [2.75, 3.05) is 26.2 Å². The number of aromatic nitrogens is 2. The summed E-state index contributed by atoms with van der Waals surface area (Å²) in [5, 5.41) is 8.06. The molecule has 2 aliphatic rings. The molecule has 2 saturated heterocycles. The van der Waals surface area contributed by atoms with Gasteiger partial charge >= 0.3 is 0 Å². The van der Waals surface area contributed by atoms with Crippen LogP contribution in [0.2, 0.25) is 0 Å². The predicted molar refractivity (Wildman–Crippen MR) is 126 cm³/mol. The van der Waals surface area contributed by atoms with Gasteiger partial charge in [-0.1, -0.05) is 30.7 Å². The highest BCUT2D eigenvalue weighted by atomic mass is 19.1. The lowest BCUT2D eigenvalue weighted by Gasteiger charge is -2.46. The van der Waals surface area contributed by atoms with Gasteiger partial charge in [-0.2, -0.15) is 5.10 Å². The van der Waals surface area contributed by atoms with Crippen LogP contribution in [-0.2, 0) is 6.42 Å². The molecule has 2 aliphatic heterocycles. The minimum Gasteiger partial charge on any atom is -0.338 e. The van der Waals surface area contributed by atoms with Gasteiger partial charge < -0.3 is 9.80 Å². The van der Waals surface area contributed by atoms with Gasteiger partial charge in [0.05, 0.1) is 16.6 Å². The van der Waals surface area contributed by atoms with Crippen LogP contribution in [0.4, 0.5) is 4.39 Å². The highest BCUT2D eigenvalue weighted by Crippen LogP contribution is 2.28. The number of fused-ring (bicyclic) bond motifs is 1. The van der Waals surface area contributed by atoms with Gasteiger partial charge in [-0.15, -0.1) is 0 Å². The first-order chi connectivity index (χ1) is 16.0. The quantitative estimate of drug-likeness (QED) is 0.648. The number of nitrogens with one attached hydrogen (secondary N) is 1. The second-order valence-electron chi connectivity index (χ2n) is 9.34. The van der Waals surface area contributed by atoms with E-state index >= 15 is 0 Å². The number of carbonyl (C=O) groups is 1. The number of halogens is 1. The van der Waals surface area contributed by atoms with Crippen LogP contribution in [0.1, 0.15) is 47.8 Å². The molecule has 1 amide bonds. The van der Waals surface area contributed by atoms with Gasteiger partial charge in [-0.25, -0.2) is 9.49 Å². The molecule has 0 aliphatic carbocycles. The van der Waals surface area contributed by atoms with Gasteiger partial charge in [0.1, 0.15) is 5.82 Å². The molecule has 7 heteroatoms. The Bertz CT molecular complexity index is 1230. The Balaban J connectivity index is 1.30. The number of hydrogen-bond donors (Lipinski definition) is 1. The molecule has 172 valence electrons. The van der Waals surface area contributed by atoms with E-state index in [1.54, 1.807) is 23.1 Å². The lowest BCUT2D eigenvalue weighted by atomic mass is 9.89. The minimum atomic E-state index is -0.504. The average molecular weight is 449 g/mol. The average Bonchev–Trinajstić information content (AvgIpc) is 2.81. The molecule has 33 heavy (non-hydrogen) atoms. The van der Waals surface area contributed by atoms with E-state index < -0.39 is 5.82 Å². The number of amides is 1. The maximum Gasteiger partial charge on any atom is 0.272 e. The largest absolute Gasteiger partial charge is 0.338 e. The fourth-order valence-corrected chi connectivity index (χ4v) is 5.12. The molecule has 0 bridgehead atoms. The van der Waals surface area contributed by atoms with Crippen LogP contribution in [0, 0.1) is 11.7 Å². The van der Waals surface area contributed by atoms with Crippen LogP contribution in [0.25, 0.3) is 10.8 Å². The molecule has 0 radical (unpaired) electrons. The lowest BCUT2D eigenvalue weighted by Crippen LogP contribution is -2.58. The predicted octanol–water partition coefficient (Wildman–Crippen LogP) is 3.60. The Morgan fingerprint density at radius 3 is 2.61 bits per heavy atom. The molecule has 6 nitrogen and oxygen atoms in total. The van der Waals surface area contributed by atoms with E-state index in [4.69, 9.17) is 0 Å². The number of likely N-dealkylation sites (tertiary alicyclic amines) is 2. The SMILES string of the molecule is CC(C1CN(C(=O)c2cc(Cc3n[nH]c(=O)c4ccccc34)ccc2F)C1)N1CCCCC1. The Kier molecular flexibility index (Phi) is 5.98. The van der Waals surface area contributed by atoms with Crippen molar-refractivity contribution in [1.29, 1.82) is 0 Å². The lowest BCUT2D eigenvalue weighted by molar-refractivity contribution is 0.0185. The van der Waals surface area contributed by atoms with Crippen molar-refractivity contribution in [3.63, 3.8) is 0 Å². The van der Waals surface area contributed by atoms with Crippen molar-refractivity contribution in [2.24, 2.45) is 5.92 Å². The molecule has 3 aromatic rings. The van der Waals surface area contributed by atoms with Gasteiger partial charge in [-0.3, -0.25) is 9.59 Å². The first kappa shape index (κ1) is 21.8. The summed E-state index contributed by atoms with van der Waals surface area (Å²) in [5.41, 5.74) is 1.33. The van der Waals surface area contributed by atoms with Gasteiger partial charge in [-0.05, 0) is 56.6 Å². The van der Waals surface area contributed by atoms with Crippen molar-refractivity contribution < 1.29 is 9.18 Å². The van der Waals surface area contributed by atoms with Crippen LogP contribution >= 0.6 is 0 Å². The summed E-state index contributed by atoms with van der Waals surface area (Å²) in [6.07, 6.45) is 4.19. The van der Waals surface area contributed by atoms with Crippen LogP contribution < -0.4 is 5.56 Å². The van der Waals surface area contributed by atoms with E-state index in [9.17, 15) is 14.0 Å². The van der Waals surface area contributed by atoms with Gasteiger partial charge in [0.2, 0.25) is 0 Å². The van der Waals surface area contributed by atoms with E-state index in [0.29, 0.717) is 42.6 Å². The molecule has 0 saturated carbocycles. The Morgan fingerprint density at radius 2 is 1.85 bits per heavy atom. The highest BCUT2D eigenvalue weighted by Gasteiger charge is 2.37. The number of hydrogen-bond acceptors (Lipinski definition) is 4. The number of benzene rings is 2. The number of rotatable bonds is 5. The fraction of sp³-hybridized carbons (Fsp3) is 0.423. The van der Waals surface area contributed by atoms with E-state index in [1.807, 2.05) is 18.2 Å². The number of piperidine rings is 1. The highest BCUT2D eigenvalue weighted by molar-refractivity contribution is 5.95. The van der Waals surface area contributed by atoms with E-state index in [2.05, 4.69) is 22.0 Å². The van der Waals surface area contributed by atoms with E-state index in [0.717, 1.165) is 24.0 Å². The van der Waals surface area contributed by atoms with E-state index in [1.165, 1.54) is 25.3 Å². The van der Waals surface area contributed by atoms with Crippen LogP contribution in [0.15, 0.2) is 47.3 Å². The number of nitrogens with zero attached hydrogens (tertiary/aromatic N) is 3. The first-order valence-electron chi connectivity index (χ1n) is 11.8. The molecular weight excluding hydrogens is 419 g/mol. The van der Waals surface area contributed by atoms with Crippen LogP contribution in [-0.4, -0.2) is 58.1 Å². The third-order valence-electron chi connectivity index (χ3n) is 7.25. The van der Waals surface area contributed by atoms with Gasteiger partial charge in [0, 0.05) is 36.9 Å². The maximum atomic E-state index is 14.6. The monoisotopic (exact) mass is 448 g/mol. The zero-order valence-corrected chi connectivity index (χ0v) is 18.9. The zero-order chi connectivity index (χ0) is 22.9. The van der Waals surface area contributed by atoms with Crippen molar-refractivity contribution in [1.82, 2.24) is 20.0 Å². The van der Waals surface area contributed by atoms with E-state index in [-0.39, 0.29) is 17.0 Å². The summed E-state index contributed by atoms with van der Waals surface area (Å²) in [4.78, 5) is 29.4. The number of aromatic amines is 1. The van der Waals surface area contributed by atoms with Crippen molar-refractivity contribution in [2.45, 2.75) is 38.6 Å². The topological polar surface area (TPSA) is 69.3 Å². The molecule has 5 rings (SSSR count). The molecule has 1 aromatic heterocycles. The Morgan fingerprint density at radius 1 is 1.12 bits per heavy atom. The summed E-state index contributed by atoms with van der Waals surface area (Å²) >= 11 is 0. The molecule has 1 unspecified atom stereocenters. The number of carbonyl (C=O) groups excluding carboxylic acids is 1. The van der Waals surface area contributed by atoms with Crippen LogP contribution in [0.5, 0.6) is 0 Å². The first-order valence-corrected chi connectivity index (χ1v) is 11.8.